The third kappa shape index (κ3) is 2.88. The minimum absolute atomic E-state index is 0.210. The van der Waals surface area contributed by atoms with E-state index in [1.54, 1.807) is 6.07 Å². The summed E-state index contributed by atoms with van der Waals surface area (Å²) >= 11 is 0. The van der Waals surface area contributed by atoms with Crippen LogP contribution in [0.2, 0.25) is 0 Å². The molecule has 0 aliphatic carbocycles. The Kier molecular flexibility index (Phi) is 3.60. The third-order valence-corrected chi connectivity index (χ3v) is 2.59. The maximum atomic E-state index is 11.9. The lowest BCUT2D eigenvalue weighted by molar-refractivity contribution is -0.140. The van der Waals surface area contributed by atoms with E-state index in [0.717, 1.165) is 0 Å². The number of carboxylic acids is 1. The van der Waals surface area contributed by atoms with Crippen LogP contribution in [0.15, 0.2) is 18.2 Å². The molecule has 0 radical (unpaired) electrons. The number of carbonyl (C=O) groups is 3. The van der Waals surface area contributed by atoms with Gasteiger partial charge in [-0.1, -0.05) is 0 Å². The average molecular weight is 277 g/mol. The number of hydrogen-bond donors (Lipinski definition) is 4. The summed E-state index contributed by atoms with van der Waals surface area (Å²) in [5.41, 5.74) is 6.19. The highest BCUT2D eigenvalue weighted by Crippen LogP contribution is 2.10. The van der Waals surface area contributed by atoms with Crippen LogP contribution in [0.1, 0.15) is 16.8 Å². The second-order valence-corrected chi connectivity index (χ2v) is 4.06. The fourth-order valence-electron chi connectivity index (χ4n) is 1.62. The molecule has 1 aromatic carbocycles. The van der Waals surface area contributed by atoms with E-state index in [4.69, 9.17) is 10.8 Å². The molecular formula is C11H11N5O4. The molecule has 104 valence electrons. The number of nitrogens with one attached hydrogen (secondary N) is 2. The first-order chi connectivity index (χ1) is 9.47. The van der Waals surface area contributed by atoms with Gasteiger partial charge in [-0.25, -0.2) is 4.79 Å². The third-order valence-electron chi connectivity index (χ3n) is 2.59. The average Bonchev–Trinajstić information content (AvgIpc) is 2.84. The first kappa shape index (κ1) is 13.5. The van der Waals surface area contributed by atoms with E-state index in [-0.39, 0.29) is 5.56 Å². The molecule has 0 fully saturated rings. The van der Waals surface area contributed by atoms with E-state index >= 15 is 0 Å². The van der Waals surface area contributed by atoms with Crippen LogP contribution >= 0.6 is 0 Å². The quantitative estimate of drug-likeness (QED) is 0.551. The van der Waals surface area contributed by atoms with Crippen molar-refractivity contribution in [3.05, 3.63) is 23.8 Å². The van der Waals surface area contributed by atoms with Crippen molar-refractivity contribution in [3.8, 4) is 0 Å². The van der Waals surface area contributed by atoms with Crippen molar-refractivity contribution in [3.63, 3.8) is 0 Å². The van der Waals surface area contributed by atoms with Gasteiger partial charge in [0.15, 0.2) is 0 Å². The molecule has 2 aromatic rings. The number of benzene rings is 1. The van der Waals surface area contributed by atoms with Crippen LogP contribution in [-0.2, 0) is 9.59 Å². The van der Waals surface area contributed by atoms with Crippen LogP contribution in [0, 0.1) is 0 Å². The number of carbonyl (C=O) groups excluding carboxylic acids is 2. The van der Waals surface area contributed by atoms with Crippen LogP contribution in [0.5, 0.6) is 0 Å². The largest absolute Gasteiger partial charge is 0.480 e. The first-order valence-corrected chi connectivity index (χ1v) is 5.60. The van der Waals surface area contributed by atoms with Gasteiger partial charge in [0.2, 0.25) is 5.91 Å². The van der Waals surface area contributed by atoms with Crippen LogP contribution in [0.3, 0.4) is 0 Å². The topological polar surface area (TPSA) is 151 Å². The molecule has 1 aromatic heterocycles. The Morgan fingerprint density at radius 3 is 2.65 bits per heavy atom. The molecule has 1 heterocycles. The number of rotatable bonds is 5. The van der Waals surface area contributed by atoms with E-state index in [9.17, 15) is 14.4 Å². The first-order valence-electron chi connectivity index (χ1n) is 5.60. The maximum absolute atomic E-state index is 11.9. The predicted octanol–water partition coefficient (Wildman–Crippen LogP) is -0.984. The molecule has 2 rings (SSSR count). The molecule has 5 N–H and O–H groups in total. The minimum atomic E-state index is -1.37. The summed E-state index contributed by atoms with van der Waals surface area (Å²) in [7, 11) is 0. The second kappa shape index (κ2) is 5.34. The molecule has 0 unspecified atom stereocenters. The van der Waals surface area contributed by atoms with E-state index < -0.39 is 30.2 Å². The van der Waals surface area contributed by atoms with Gasteiger partial charge in [0.25, 0.3) is 5.91 Å². The fraction of sp³-hybridized carbons (Fsp3) is 0.182. The van der Waals surface area contributed by atoms with Crippen molar-refractivity contribution in [2.24, 2.45) is 5.73 Å². The molecule has 0 saturated carbocycles. The highest BCUT2D eigenvalue weighted by molar-refractivity contribution is 5.99. The van der Waals surface area contributed by atoms with Crippen LogP contribution in [0.4, 0.5) is 0 Å². The normalized spacial score (nSPS) is 12.0. The monoisotopic (exact) mass is 277 g/mol. The van der Waals surface area contributed by atoms with Crippen molar-refractivity contribution >= 4 is 28.8 Å². The summed E-state index contributed by atoms with van der Waals surface area (Å²) in [4.78, 5) is 33.6. The van der Waals surface area contributed by atoms with Crippen molar-refractivity contribution in [2.45, 2.75) is 12.5 Å². The Hall–Kier alpha value is -2.97. The van der Waals surface area contributed by atoms with Gasteiger partial charge >= 0.3 is 5.97 Å². The van der Waals surface area contributed by atoms with E-state index in [2.05, 4.69) is 20.7 Å². The Morgan fingerprint density at radius 1 is 1.30 bits per heavy atom. The molecule has 9 nitrogen and oxygen atoms in total. The SMILES string of the molecule is NC(=O)C[C@H](NC(=O)c1ccc2n[nH]nc2c1)C(=O)O. The molecule has 0 saturated heterocycles. The summed E-state index contributed by atoms with van der Waals surface area (Å²) in [5.74, 6) is -2.78. The lowest BCUT2D eigenvalue weighted by Gasteiger charge is -2.12. The Balaban J connectivity index is 2.17. The number of nitrogens with zero attached hydrogens (tertiary/aromatic N) is 2. The Labute approximate surface area is 112 Å². The predicted molar refractivity (Wildman–Crippen MR) is 66.6 cm³/mol. The number of nitrogens with two attached hydrogens (primary N) is 1. The number of amides is 2. The van der Waals surface area contributed by atoms with Gasteiger partial charge in [-0.15, -0.1) is 0 Å². The number of H-pyrrole nitrogens is 1. The van der Waals surface area contributed by atoms with Crippen molar-refractivity contribution in [1.29, 1.82) is 0 Å². The second-order valence-electron chi connectivity index (χ2n) is 4.06. The maximum Gasteiger partial charge on any atom is 0.326 e. The zero-order valence-electron chi connectivity index (χ0n) is 10.2. The van der Waals surface area contributed by atoms with Crippen molar-refractivity contribution in [1.82, 2.24) is 20.7 Å². The molecule has 0 bridgehead atoms. The van der Waals surface area contributed by atoms with Gasteiger partial charge in [0, 0.05) is 5.56 Å². The zero-order valence-corrected chi connectivity index (χ0v) is 10.2. The zero-order chi connectivity index (χ0) is 14.7. The molecule has 2 amide bonds. The highest BCUT2D eigenvalue weighted by Gasteiger charge is 2.22. The molecule has 1 atom stereocenters. The van der Waals surface area contributed by atoms with Crippen LogP contribution in [0.25, 0.3) is 11.0 Å². The summed E-state index contributed by atoms with van der Waals surface area (Å²) in [5, 5.41) is 21.2. The highest BCUT2D eigenvalue weighted by atomic mass is 16.4. The number of aromatic amines is 1. The van der Waals surface area contributed by atoms with Crippen LogP contribution < -0.4 is 11.1 Å². The van der Waals surface area contributed by atoms with Gasteiger partial charge in [0.1, 0.15) is 17.1 Å². The number of aliphatic carboxylic acids is 1. The summed E-state index contributed by atoms with van der Waals surface area (Å²) in [6, 6.07) is 3.13. The van der Waals surface area contributed by atoms with Gasteiger partial charge in [-0.2, -0.15) is 15.4 Å². The van der Waals surface area contributed by atoms with E-state index in [1.165, 1.54) is 12.1 Å². The van der Waals surface area contributed by atoms with Gasteiger partial charge in [0.05, 0.1) is 6.42 Å². The Morgan fingerprint density at radius 2 is 2.00 bits per heavy atom. The lowest BCUT2D eigenvalue weighted by Crippen LogP contribution is -2.43. The van der Waals surface area contributed by atoms with Crippen molar-refractivity contribution in [2.75, 3.05) is 0 Å². The molecule has 0 aliphatic rings. The summed E-state index contributed by atoms with van der Waals surface area (Å²) < 4.78 is 0. The fourth-order valence-corrected chi connectivity index (χ4v) is 1.62. The molecule has 0 spiro atoms. The molecule has 20 heavy (non-hydrogen) atoms. The summed E-state index contributed by atoms with van der Waals surface area (Å²) in [6.45, 7) is 0. The number of hydrogen-bond acceptors (Lipinski definition) is 5. The van der Waals surface area contributed by atoms with E-state index in [0.29, 0.717) is 11.0 Å². The van der Waals surface area contributed by atoms with Crippen molar-refractivity contribution < 1.29 is 19.5 Å². The molecule has 9 heteroatoms. The minimum Gasteiger partial charge on any atom is -0.480 e. The van der Waals surface area contributed by atoms with Gasteiger partial charge in [-0.3, -0.25) is 9.59 Å². The van der Waals surface area contributed by atoms with Crippen LogP contribution in [-0.4, -0.2) is 44.3 Å². The number of carboxylic acid groups (broad SMARTS) is 1. The number of primary amides is 1. The van der Waals surface area contributed by atoms with Gasteiger partial charge in [-0.05, 0) is 18.2 Å². The smallest absolute Gasteiger partial charge is 0.326 e. The van der Waals surface area contributed by atoms with Gasteiger partial charge < -0.3 is 16.2 Å². The Bertz CT molecular complexity index is 680. The molecule has 0 aliphatic heterocycles. The molecular weight excluding hydrogens is 266 g/mol. The van der Waals surface area contributed by atoms with E-state index in [1.807, 2.05) is 0 Å². The number of aromatic nitrogens is 3. The summed E-state index contributed by atoms with van der Waals surface area (Å²) in [6.07, 6.45) is -0.479. The standard InChI is InChI=1S/C11H11N5O4/c12-9(17)4-8(11(19)20)13-10(18)5-1-2-6-7(3-5)15-16-14-6/h1-3,8H,4H2,(H2,12,17)(H,13,18)(H,19,20)(H,14,15,16)/t8-/m0/s1. The number of fused-ring (bicyclic) bond motifs is 1. The lowest BCUT2D eigenvalue weighted by atomic mass is 10.1.